The summed E-state index contributed by atoms with van der Waals surface area (Å²) >= 11 is 0. The van der Waals surface area contributed by atoms with Crippen LogP contribution in [0, 0.1) is 11.3 Å². The molecule has 0 aliphatic heterocycles. The van der Waals surface area contributed by atoms with Gasteiger partial charge < -0.3 is 9.47 Å². The van der Waals surface area contributed by atoms with Gasteiger partial charge in [0.2, 0.25) is 11.8 Å². The number of rotatable bonds is 5. The first-order chi connectivity index (χ1) is 8.01. The van der Waals surface area contributed by atoms with Crippen LogP contribution in [0.3, 0.4) is 0 Å². The molecule has 92 valence electrons. The quantitative estimate of drug-likeness (QED) is 0.781. The van der Waals surface area contributed by atoms with Gasteiger partial charge in [-0.05, 0) is 27.7 Å². The van der Waals surface area contributed by atoms with Crippen LogP contribution in [0.1, 0.15) is 33.5 Å². The Balaban J connectivity index is 2.96. The van der Waals surface area contributed by atoms with E-state index in [4.69, 9.17) is 14.7 Å². The van der Waals surface area contributed by atoms with Crippen molar-refractivity contribution in [3.05, 3.63) is 11.9 Å². The molecule has 1 aromatic heterocycles. The van der Waals surface area contributed by atoms with E-state index in [9.17, 15) is 0 Å². The average Bonchev–Trinajstić information content (AvgIpc) is 2.14. The molecule has 0 unspecified atom stereocenters. The largest absolute Gasteiger partial charge is 0.475 e. The van der Waals surface area contributed by atoms with E-state index in [2.05, 4.69) is 9.97 Å². The Morgan fingerprint density at radius 3 is 1.94 bits per heavy atom. The molecule has 0 saturated heterocycles. The third-order valence-corrected chi connectivity index (χ3v) is 1.68. The fourth-order valence-electron chi connectivity index (χ4n) is 1.20. The van der Waals surface area contributed by atoms with Gasteiger partial charge in [-0.25, -0.2) is 0 Å². The molecule has 17 heavy (non-hydrogen) atoms. The maximum absolute atomic E-state index is 8.65. The average molecular weight is 235 g/mol. The lowest BCUT2D eigenvalue weighted by Crippen LogP contribution is -2.12. The molecule has 0 spiro atoms. The van der Waals surface area contributed by atoms with E-state index >= 15 is 0 Å². The van der Waals surface area contributed by atoms with Gasteiger partial charge in [0.05, 0.1) is 30.8 Å². The normalized spacial score (nSPS) is 10.4. The minimum atomic E-state index is 0.0201. The zero-order chi connectivity index (χ0) is 12.8. The molecule has 0 N–H and O–H groups in total. The molecule has 1 rings (SSSR count). The van der Waals surface area contributed by atoms with E-state index in [0.29, 0.717) is 17.6 Å². The molecule has 0 aliphatic carbocycles. The lowest BCUT2D eigenvalue weighted by Gasteiger charge is -2.13. The van der Waals surface area contributed by atoms with Crippen LogP contribution in [0.25, 0.3) is 0 Å². The van der Waals surface area contributed by atoms with Crippen LogP contribution in [0.5, 0.6) is 11.8 Å². The number of nitriles is 1. The van der Waals surface area contributed by atoms with Gasteiger partial charge in [-0.3, -0.25) is 0 Å². The molecular weight excluding hydrogens is 218 g/mol. The van der Waals surface area contributed by atoms with Crippen molar-refractivity contribution in [1.82, 2.24) is 9.97 Å². The van der Waals surface area contributed by atoms with Gasteiger partial charge in [-0.2, -0.15) is 15.2 Å². The van der Waals surface area contributed by atoms with E-state index in [1.54, 1.807) is 6.07 Å². The van der Waals surface area contributed by atoms with Crippen molar-refractivity contribution >= 4 is 0 Å². The molecule has 0 aliphatic rings. The fourth-order valence-corrected chi connectivity index (χ4v) is 1.20. The second-order valence-corrected chi connectivity index (χ2v) is 4.13. The summed E-state index contributed by atoms with van der Waals surface area (Å²) in [5, 5.41) is 8.65. The number of nitrogens with zero attached hydrogens (tertiary/aromatic N) is 3. The maximum Gasteiger partial charge on any atom is 0.220 e. The Hall–Kier alpha value is -1.83. The van der Waals surface area contributed by atoms with E-state index in [0.717, 1.165) is 0 Å². The summed E-state index contributed by atoms with van der Waals surface area (Å²) in [5.41, 5.74) is 0. The first-order valence-electron chi connectivity index (χ1n) is 5.59. The van der Waals surface area contributed by atoms with Gasteiger partial charge in [0.15, 0.2) is 0 Å². The smallest absolute Gasteiger partial charge is 0.220 e. The highest BCUT2D eigenvalue weighted by Crippen LogP contribution is 2.18. The molecule has 0 amide bonds. The van der Waals surface area contributed by atoms with Crippen molar-refractivity contribution in [2.24, 2.45) is 0 Å². The van der Waals surface area contributed by atoms with Gasteiger partial charge in [0, 0.05) is 0 Å². The Morgan fingerprint density at radius 2 is 1.59 bits per heavy atom. The summed E-state index contributed by atoms with van der Waals surface area (Å²) in [7, 11) is 0. The number of ether oxygens (including phenoxy) is 2. The Labute approximate surface area is 101 Å². The molecule has 0 aromatic carbocycles. The molecule has 0 atom stereocenters. The zero-order valence-corrected chi connectivity index (χ0v) is 10.6. The van der Waals surface area contributed by atoms with Crippen LogP contribution >= 0.6 is 0 Å². The van der Waals surface area contributed by atoms with E-state index in [1.165, 1.54) is 0 Å². The van der Waals surface area contributed by atoms with Crippen LogP contribution in [0.4, 0.5) is 0 Å². The van der Waals surface area contributed by atoms with Gasteiger partial charge in [0.1, 0.15) is 5.82 Å². The molecule has 1 aromatic rings. The van der Waals surface area contributed by atoms with Crippen molar-refractivity contribution in [2.75, 3.05) is 0 Å². The van der Waals surface area contributed by atoms with Crippen LogP contribution in [0.2, 0.25) is 0 Å². The van der Waals surface area contributed by atoms with Gasteiger partial charge >= 0.3 is 0 Å². The molecule has 0 radical (unpaired) electrons. The summed E-state index contributed by atoms with van der Waals surface area (Å²) in [6.45, 7) is 7.65. The standard InChI is InChI=1S/C12H17N3O2/c1-8(2)16-11-7-12(17-9(3)4)15-10(14-11)5-6-13/h7-9H,5H2,1-4H3. The van der Waals surface area contributed by atoms with Crippen molar-refractivity contribution < 1.29 is 9.47 Å². The minimum absolute atomic E-state index is 0.0201. The lowest BCUT2D eigenvalue weighted by molar-refractivity contribution is 0.215. The van der Waals surface area contributed by atoms with Crippen LogP contribution in [0.15, 0.2) is 6.07 Å². The molecule has 1 heterocycles. The molecule has 0 fully saturated rings. The molecule has 5 heteroatoms. The zero-order valence-electron chi connectivity index (χ0n) is 10.6. The van der Waals surface area contributed by atoms with E-state index in [1.807, 2.05) is 33.8 Å². The van der Waals surface area contributed by atoms with Gasteiger partial charge in [0.25, 0.3) is 0 Å². The summed E-state index contributed by atoms with van der Waals surface area (Å²) < 4.78 is 11.0. The number of aromatic nitrogens is 2. The molecule has 0 bridgehead atoms. The van der Waals surface area contributed by atoms with E-state index in [-0.39, 0.29) is 18.6 Å². The Kier molecular flexibility index (Phi) is 4.70. The summed E-state index contributed by atoms with van der Waals surface area (Å²) in [6, 6.07) is 3.65. The van der Waals surface area contributed by atoms with Crippen LogP contribution in [-0.4, -0.2) is 22.2 Å². The highest BCUT2D eigenvalue weighted by Gasteiger charge is 2.09. The molecular formula is C12H17N3O2. The highest BCUT2D eigenvalue weighted by molar-refractivity contribution is 5.22. The summed E-state index contributed by atoms with van der Waals surface area (Å²) in [4.78, 5) is 8.27. The van der Waals surface area contributed by atoms with Crippen molar-refractivity contribution in [3.63, 3.8) is 0 Å². The van der Waals surface area contributed by atoms with Gasteiger partial charge in [-0.15, -0.1) is 0 Å². The third kappa shape index (κ3) is 4.68. The maximum atomic E-state index is 8.65. The van der Waals surface area contributed by atoms with Crippen molar-refractivity contribution in [3.8, 4) is 17.8 Å². The molecule has 0 saturated carbocycles. The van der Waals surface area contributed by atoms with Crippen LogP contribution < -0.4 is 9.47 Å². The summed E-state index contributed by atoms with van der Waals surface area (Å²) in [5.74, 6) is 1.30. The Bertz CT molecular complexity index is 382. The van der Waals surface area contributed by atoms with Crippen molar-refractivity contribution in [1.29, 1.82) is 5.26 Å². The molecule has 5 nitrogen and oxygen atoms in total. The second-order valence-electron chi connectivity index (χ2n) is 4.13. The fraction of sp³-hybridized carbons (Fsp3) is 0.583. The number of hydrogen-bond acceptors (Lipinski definition) is 5. The first kappa shape index (κ1) is 13.2. The minimum Gasteiger partial charge on any atom is -0.475 e. The third-order valence-electron chi connectivity index (χ3n) is 1.68. The number of hydrogen-bond donors (Lipinski definition) is 0. The van der Waals surface area contributed by atoms with Gasteiger partial charge in [-0.1, -0.05) is 0 Å². The topological polar surface area (TPSA) is 68.0 Å². The SMILES string of the molecule is CC(C)Oc1cc(OC(C)C)nc(CC#N)n1. The van der Waals surface area contributed by atoms with E-state index < -0.39 is 0 Å². The Morgan fingerprint density at radius 1 is 1.12 bits per heavy atom. The predicted molar refractivity (Wildman–Crippen MR) is 62.9 cm³/mol. The highest BCUT2D eigenvalue weighted by atomic mass is 16.5. The van der Waals surface area contributed by atoms with Crippen molar-refractivity contribution in [2.45, 2.75) is 46.3 Å². The lowest BCUT2D eigenvalue weighted by atomic mass is 10.4. The monoisotopic (exact) mass is 235 g/mol. The summed E-state index contributed by atoms with van der Waals surface area (Å²) in [6.07, 6.45) is 0.183. The van der Waals surface area contributed by atoms with Crippen LogP contribution in [-0.2, 0) is 6.42 Å². The predicted octanol–water partition coefficient (Wildman–Crippen LogP) is 2.12. The first-order valence-corrected chi connectivity index (χ1v) is 5.59. The second kappa shape index (κ2) is 6.04.